The molecule has 0 saturated heterocycles. The van der Waals surface area contributed by atoms with Crippen molar-refractivity contribution in [3.63, 3.8) is 0 Å². The number of halogens is 1. The van der Waals surface area contributed by atoms with Gasteiger partial charge in [0.2, 0.25) is 0 Å². The topological polar surface area (TPSA) is 19.9 Å². The summed E-state index contributed by atoms with van der Waals surface area (Å²) >= 11 is 0. The summed E-state index contributed by atoms with van der Waals surface area (Å²) in [5.41, 5.74) is 0. The Balaban J connectivity index is 2.83. The molecule has 0 aliphatic carbocycles. The van der Waals surface area contributed by atoms with Gasteiger partial charge < -0.3 is 0 Å². The molecule has 2 heteroatoms. The van der Waals surface area contributed by atoms with E-state index in [1.807, 2.05) is 6.92 Å². The molecule has 0 fully saturated rings. The van der Waals surface area contributed by atoms with Gasteiger partial charge in [-0.3, -0.25) is 0 Å². The Morgan fingerprint density at radius 3 is 2.43 bits per heavy atom. The second kappa shape index (κ2) is 4.06. The fourth-order valence-corrected chi connectivity index (χ4v) is 0.397. The van der Waals surface area contributed by atoms with Crippen molar-refractivity contribution in [2.75, 3.05) is 6.61 Å². The number of hydrogen-bond acceptors (Lipinski definition) is 0. The standard InChI is InChI=1S/C5H10FO/c1-2-3-5(6)4-7/h5H,2-4H2,1H3. The summed E-state index contributed by atoms with van der Waals surface area (Å²) in [4.78, 5) is 0. The molecular formula is C5H10FO. The second-order valence-corrected chi connectivity index (χ2v) is 1.55. The Kier molecular flexibility index (Phi) is 4.00. The van der Waals surface area contributed by atoms with Crippen LogP contribution in [0.1, 0.15) is 19.8 Å². The zero-order chi connectivity index (χ0) is 5.70. The minimum absolute atomic E-state index is 0.420. The highest BCUT2D eigenvalue weighted by molar-refractivity contribution is 4.48. The van der Waals surface area contributed by atoms with Crippen LogP contribution in [0.3, 0.4) is 0 Å². The van der Waals surface area contributed by atoms with Gasteiger partial charge in [-0.15, -0.1) is 0 Å². The summed E-state index contributed by atoms with van der Waals surface area (Å²) in [7, 11) is 0. The van der Waals surface area contributed by atoms with E-state index in [-0.39, 0.29) is 0 Å². The van der Waals surface area contributed by atoms with E-state index in [9.17, 15) is 9.50 Å². The monoisotopic (exact) mass is 105 g/mol. The van der Waals surface area contributed by atoms with Gasteiger partial charge in [-0.05, 0) is 6.42 Å². The molecule has 0 N–H and O–H groups in total. The molecule has 0 rings (SSSR count). The highest BCUT2D eigenvalue weighted by atomic mass is 19.1. The number of hydrogen-bond donors (Lipinski definition) is 0. The van der Waals surface area contributed by atoms with Crippen molar-refractivity contribution in [2.24, 2.45) is 0 Å². The molecule has 0 aliphatic heterocycles. The van der Waals surface area contributed by atoms with E-state index in [0.717, 1.165) is 6.42 Å². The van der Waals surface area contributed by atoms with Gasteiger partial charge in [-0.2, -0.15) is 0 Å². The van der Waals surface area contributed by atoms with Crippen LogP contribution in [0.4, 0.5) is 4.39 Å². The summed E-state index contributed by atoms with van der Waals surface area (Å²) in [6.45, 7) is 1.29. The molecule has 0 aliphatic rings. The average molecular weight is 105 g/mol. The summed E-state index contributed by atoms with van der Waals surface area (Å²) in [5, 5.41) is 9.64. The van der Waals surface area contributed by atoms with Crippen molar-refractivity contribution in [3.05, 3.63) is 0 Å². The summed E-state index contributed by atoms with van der Waals surface area (Å²) in [6.07, 6.45) is 0.0809. The van der Waals surface area contributed by atoms with Crippen LogP contribution in [0.5, 0.6) is 0 Å². The van der Waals surface area contributed by atoms with Gasteiger partial charge >= 0.3 is 0 Å². The molecular weight excluding hydrogens is 95.1 g/mol. The van der Waals surface area contributed by atoms with Crippen LogP contribution in [0.15, 0.2) is 0 Å². The number of alkyl halides is 1. The Hall–Kier alpha value is -0.110. The lowest BCUT2D eigenvalue weighted by Gasteiger charge is -1.96. The summed E-state index contributed by atoms with van der Waals surface area (Å²) in [6, 6.07) is 0. The van der Waals surface area contributed by atoms with Crippen LogP contribution >= 0.6 is 0 Å². The van der Waals surface area contributed by atoms with E-state index in [1.54, 1.807) is 0 Å². The van der Waals surface area contributed by atoms with Crippen molar-refractivity contribution in [2.45, 2.75) is 25.9 Å². The third kappa shape index (κ3) is 3.73. The molecule has 0 heterocycles. The molecule has 0 spiro atoms. The Morgan fingerprint density at radius 1 is 1.71 bits per heavy atom. The molecule has 0 bridgehead atoms. The molecule has 1 nitrogen and oxygen atoms in total. The van der Waals surface area contributed by atoms with Gasteiger partial charge in [0.15, 0.2) is 0 Å². The molecule has 1 unspecified atom stereocenters. The fourth-order valence-electron chi connectivity index (χ4n) is 0.397. The largest absolute Gasteiger partial charge is 0.245 e. The minimum atomic E-state index is -1.11. The van der Waals surface area contributed by atoms with Crippen LogP contribution in [0.2, 0.25) is 0 Å². The Bertz CT molecular complexity index is 39.1. The van der Waals surface area contributed by atoms with Gasteiger partial charge in [-0.1, -0.05) is 13.3 Å². The summed E-state index contributed by atoms with van der Waals surface area (Å²) in [5.74, 6) is 0. The maximum absolute atomic E-state index is 11.8. The molecule has 0 amide bonds. The molecule has 1 atom stereocenters. The van der Waals surface area contributed by atoms with Crippen LogP contribution < -0.4 is 0 Å². The molecule has 0 aromatic heterocycles. The SMILES string of the molecule is CCCC(F)C[O]. The van der Waals surface area contributed by atoms with Gasteiger partial charge in [0, 0.05) is 0 Å². The first-order valence-electron chi connectivity index (χ1n) is 2.53. The molecule has 0 saturated carbocycles. The number of rotatable bonds is 3. The first kappa shape index (κ1) is 6.89. The first-order chi connectivity index (χ1) is 3.31. The molecule has 0 aromatic carbocycles. The fraction of sp³-hybridized carbons (Fsp3) is 1.00. The van der Waals surface area contributed by atoms with E-state index < -0.39 is 12.8 Å². The highest BCUT2D eigenvalue weighted by Gasteiger charge is 2.00. The third-order valence-corrected chi connectivity index (χ3v) is 0.783. The van der Waals surface area contributed by atoms with Gasteiger partial charge in [0.1, 0.15) is 12.8 Å². The molecule has 43 valence electrons. The minimum Gasteiger partial charge on any atom is -0.245 e. The lowest BCUT2D eigenvalue weighted by atomic mass is 10.2. The van der Waals surface area contributed by atoms with Gasteiger partial charge in [0.25, 0.3) is 0 Å². The highest BCUT2D eigenvalue weighted by Crippen LogP contribution is 1.98. The van der Waals surface area contributed by atoms with Gasteiger partial charge in [0.05, 0.1) is 0 Å². The lowest BCUT2D eigenvalue weighted by molar-refractivity contribution is 0.109. The first-order valence-corrected chi connectivity index (χ1v) is 2.53. The molecule has 1 radical (unpaired) electrons. The zero-order valence-electron chi connectivity index (χ0n) is 4.48. The van der Waals surface area contributed by atoms with Crippen LogP contribution in [0, 0.1) is 0 Å². The maximum Gasteiger partial charge on any atom is 0.127 e. The zero-order valence-corrected chi connectivity index (χ0v) is 4.48. The van der Waals surface area contributed by atoms with Crippen LogP contribution in [-0.4, -0.2) is 12.8 Å². The van der Waals surface area contributed by atoms with Crippen LogP contribution in [-0.2, 0) is 5.11 Å². The van der Waals surface area contributed by atoms with E-state index in [1.165, 1.54) is 0 Å². The van der Waals surface area contributed by atoms with Crippen molar-refractivity contribution >= 4 is 0 Å². The van der Waals surface area contributed by atoms with Gasteiger partial charge in [-0.25, -0.2) is 9.50 Å². The smallest absolute Gasteiger partial charge is 0.127 e. The molecule has 0 aromatic rings. The third-order valence-electron chi connectivity index (χ3n) is 0.783. The van der Waals surface area contributed by atoms with E-state index >= 15 is 0 Å². The lowest BCUT2D eigenvalue weighted by Crippen LogP contribution is -2.02. The normalized spacial score (nSPS) is 14.1. The van der Waals surface area contributed by atoms with E-state index in [4.69, 9.17) is 0 Å². The van der Waals surface area contributed by atoms with Crippen molar-refractivity contribution in [1.82, 2.24) is 0 Å². The second-order valence-electron chi connectivity index (χ2n) is 1.55. The van der Waals surface area contributed by atoms with E-state index in [2.05, 4.69) is 0 Å². The Labute approximate surface area is 43.2 Å². The van der Waals surface area contributed by atoms with E-state index in [0.29, 0.717) is 6.42 Å². The summed E-state index contributed by atoms with van der Waals surface area (Å²) < 4.78 is 11.8. The van der Waals surface area contributed by atoms with Crippen LogP contribution in [0.25, 0.3) is 0 Å². The molecule has 7 heavy (non-hydrogen) atoms. The quantitative estimate of drug-likeness (QED) is 0.519. The predicted molar refractivity (Wildman–Crippen MR) is 25.4 cm³/mol. The Morgan fingerprint density at radius 2 is 2.29 bits per heavy atom. The van der Waals surface area contributed by atoms with Crippen molar-refractivity contribution in [3.8, 4) is 0 Å². The average Bonchev–Trinajstić information content (AvgIpc) is 1.68. The predicted octanol–water partition coefficient (Wildman–Crippen LogP) is 1.56. The maximum atomic E-state index is 11.8. The van der Waals surface area contributed by atoms with Crippen molar-refractivity contribution in [1.29, 1.82) is 0 Å². The van der Waals surface area contributed by atoms with Crippen molar-refractivity contribution < 1.29 is 9.50 Å².